The predicted molar refractivity (Wildman–Crippen MR) is 93.8 cm³/mol. The van der Waals surface area contributed by atoms with Gasteiger partial charge in [0.25, 0.3) is 5.91 Å². The lowest BCUT2D eigenvalue weighted by molar-refractivity contribution is -0.139. The van der Waals surface area contributed by atoms with Gasteiger partial charge in [-0.3, -0.25) is 4.79 Å². The number of ether oxygens (including phenoxy) is 1. The minimum Gasteiger partial charge on any atom is -0.482 e. The van der Waals surface area contributed by atoms with Crippen LogP contribution in [0.2, 0.25) is 0 Å². The van der Waals surface area contributed by atoms with Crippen molar-refractivity contribution in [1.29, 1.82) is 0 Å². The molecular weight excluding hydrogens is 337 g/mol. The third kappa shape index (κ3) is 4.02. The van der Waals surface area contributed by atoms with Gasteiger partial charge in [0, 0.05) is 24.1 Å². The van der Waals surface area contributed by atoms with Gasteiger partial charge in [0.2, 0.25) is 0 Å². The second-order valence-electron chi connectivity index (χ2n) is 6.50. The highest BCUT2D eigenvalue weighted by Crippen LogP contribution is 2.33. The lowest BCUT2D eigenvalue weighted by atomic mass is 9.97. The van der Waals surface area contributed by atoms with Crippen molar-refractivity contribution in [3.05, 3.63) is 65.5 Å². The minimum atomic E-state index is -1.07. The molecule has 1 aliphatic heterocycles. The second kappa shape index (κ2) is 7.56. The van der Waals surface area contributed by atoms with E-state index in [1.54, 1.807) is 41.3 Å². The Labute approximate surface area is 151 Å². The van der Waals surface area contributed by atoms with Gasteiger partial charge in [-0.2, -0.15) is 0 Å². The molecule has 26 heavy (non-hydrogen) atoms. The zero-order chi connectivity index (χ0) is 18.7. The zero-order valence-electron chi connectivity index (χ0n) is 14.4. The van der Waals surface area contributed by atoms with Gasteiger partial charge >= 0.3 is 5.97 Å². The van der Waals surface area contributed by atoms with Crippen molar-refractivity contribution in [2.75, 3.05) is 13.2 Å². The van der Waals surface area contributed by atoms with Gasteiger partial charge in [-0.15, -0.1) is 0 Å². The molecule has 2 unspecified atom stereocenters. The Hall–Kier alpha value is -2.89. The number of carboxylic acids is 1. The molecule has 0 bridgehead atoms. The van der Waals surface area contributed by atoms with Crippen molar-refractivity contribution in [2.24, 2.45) is 0 Å². The number of aliphatic carboxylic acids is 1. The highest BCUT2D eigenvalue weighted by atomic mass is 19.1. The number of carbonyl (C=O) groups is 2. The summed E-state index contributed by atoms with van der Waals surface area (Å²) in [6, 6.07) is 13.0. The molecule has 1 saturated heterocycles. The van der Waals surface area contributed by atoms with E-state index in [0.717, 1.165) is 12.0 Å². The van der Waals surface area contributed by atoms with Crippen LogP contribution in [0.3, 0.4) is 0 Å². The number of likely N-dealkylation sites (tertiary alicyclic amines) is 1. The quantitative estimate of drug-likeness (QED) is 0.892. The molecule has 2 aromatic rings. The van der Waals surface area contributed by atoms with Crippen LogP contribution < -0.4 is 4.74 Å². The number of halogens is 1. The first-order valence-corrected chi connectivity index (χ1v) is 8.45. The number of hydrogen-bond acceptors (Lipinski definition) is 3. The molecular formula is C20H20FNO4. The van der Waals surface area contributed by atoms with Gasteiger partial charge in [-0.1, -0.05) is 18.2 Å². The standard InChI is InChI=1S/C20H20FNO4/c1-13-9-16(14-5-7-17(21)8-6-14)11-22(13)20(25)15-3-2-4-18(10-15)26-12-19(23)24/h2-8,10,13,16H,9,11-12H2,1H3,(H,23,24). The highest BCUT2D eigenvalue weighted by molar-refractivity contribution is 5.95. The van der Waals surface area contributed by atoms with E-state index < -0.39 is 12.6 Å². The van der Waals surface area contributed by atoms with Gasteiger partial charge < -0.3 is 14.7 Å². The summed E-state index contributed by atoms with van der Waals surface area (Å²) >= 11 is 0. The lowest BCUT2D eigenvalue weighted by Gasteiger charge is -2.22. The fraction of sp³-hybridized carbons (Fsp3) is 0.300. The number of nitrogens with zero attached hydrogens (tertiary/aromatic N) is 1. The molecule has 0 aliphatic carbocycles. The molecule has 1 N–H and O–H groups in total. The summed E-state index contributed by atoms with van der Waals surface area (Å²) in [5, 5.41) is 8.69. The summed E-state index contributed by atoms with van der Waals surface area (Å²) in [6.07, 6.45) is 0.812. The largest absolute Gasteiger partial charge is 0.482 e. The van der Waals surface area contributed by atoms with E-state index >= 15 is 0 Å². The summed E-state index contributed by atoms with van der Waals surface area (Å²) in [4.78, 5) is 25.3. The summed E-state index contributed by atoms with van der Waals surface area (Å²) in [5.74, 6) is -0.952. The van der Waals surface area contributed by atoms with Crippen molar-refractivity contribution in [3.8, 4) is 5.75 Å². The van der Waals surface area contributed by atoms with E-state index in [2.05, 4.69) is 0 Å². The Balaban J connectivity index is 1.72. The first-order chi connectivity index (χ1) is 12.4. The summed E-state index contributed by atoms with van der Waals surface area (Å²) < 4.78 is 18.3. The van der Waals surface area contributed by atoms with E-state index in [1.165, 1.54) is 12.1 Å². The Morgan fingerprint density at radius 2 is 1.96 bits per heavy atom. The maximum atomic E-state index is 13.1. The normalized spacial score (nSPS) is 19.4. The zero-order valence-corrected chi connectivity index (χ0v) is 14.4. The van der Waals surface area contributed by atoms with Crippen LogP contribution >= 0.6 is 0 Å². The van der Waals surface area contributed by atoms with E-state index in [0.29, 0.717) is 17.9 Å². The van der Waals surface area contributed by atoms with Crippen molar-refractivity contribution in [3.63, 3.8) is 0 Å². The maximum absolute atomic E-state index is 13.1. The number of hydrogen-bond donors (Lipinski definition) is 1. The molecule has 3 rings (SSSR count). The number of rotatable bonds is 5. The first-order valence-electron chi connectivity index (χ1n) is 8.45. The van der Waals surface area contributed by atoms with E-state index in [-0.39, 0.29) is 23.7 Å². The summed E-state index contributed by atoms with van der Waals surface area (Å²) in [7, 11) is 0. The predicted octanol–water partition coefficient (Wildman–Crippen LogP) is 3.31. The monoisotopic (exact) mass is 357 g/mol. The Morgan fingerprint density at radius 3 is 2.65 bits per heavy atom. The van der Waals surface area contributed by atoms with Crippen LogP contribution in [0.25, 0.3) is 0 Å². The van der Waals surface area contributed by atoms with Crippen molar-refractivity contribution >= 4 is 11.9 Å². The van der Waals surface area contributed by atoms with Gasteiger partial charge in [0.1, 0.15) is 11.6 Å². The molecule has 2 atom stereocenters. The molecule has 1 aliphatic rings. The Bertz CT molecular complexity index is 806. The molecule has 6 heteroatoms. The van der Waals surface area contributed by atoms with Gasteiger partial charge in [-0.25, -0.2) is 9.18 Å². The van der Waals surface area contributed by atoms with Gasteiger partial charge in [0.05, 0.1) is 0 Å². The van der Waals surface area contributed by atoms with Gasteiger partial charge in [0.15, 0.2) is 6.61 Å². The van der Waals surface area contributed by atoms with Crippen LogP contribution in [0.4, 0.5) is 4.39 Å². The van der Waals surface area contributed by atoms with Crippen molar-refractivity contribution in [2.45, 2.75) is 25.3 Å². The molecule has 1 amide bonds. The highest BCUT2D eigenvalue weighted by Gasteiger charge is 2.33. The third-order valence-electron chi connectivity index (χ3n) is 4.62. The molecule has 0 aromatic heterocycles. The van der Waals surface area contributed by atoms with Gasteiger partial charge in [-0.05, 0) is 49.2 Å². The Morgan fingerprint density at radius 1 is 1.23 bits per heavy atom. The number of benzene rings is 2. The van der Waals surface area contributed by atoms with Crippen molar-refractivity contribution in [1.82, 2.24) is 4.90 Å². The molecule has 2 aromatic carbocycles. The maximum Gasteiger partial charge on any atom is 0.341 e. The number of carboxylic acid groups (broad SMARTS) is 1. The second-order valence-corrected chi connectivity index (χ2v) is 6.50. The van der Waals surface area contributed by atoms with Crippen LogP contribution in [0.5, 0.6) is 5.75 Å². The molecule has 1 heterocycles. The average molecular weight is 357 g/mol. The molecule has 0 saturated carbocycles. The van der Waals surface area contributed by atoms with Crippen LogP contribution in [-0.4, -0.2) is 41.1 Å². The SMILES string of the molecule is CC1CC(c2ccc(F)cc2)CN1C(=O)c1cccc(OCC(=O)O)c1. The summed E-state index contributed by atoms with van der Waals surface area (Å²) in [5.41, 5.74) is 1.48. The van der Waals surface area contributed by atoms with Crippen LogP contribution in [0.15, 0.2) is 48.5 Å². The first kappa shape index (κ1) is 17.9. The smallest absolute Gasteiger partial charge is 0.341 e. The van der Waals surface area contributed by atoms with E-state index in [1.807, 2.05) is 6.92 Å². The van der Waals surface area contributed by atoms with Crippen molar-refractivity contribution < 1.29 is 23.8 Å². The molecule has 0 spiro atoms. The topological polar surface area (TPSA) is 66.8 Å². The molecule has 5 nitrogen and oxygen atoms in total. The minimum absolute atomic E-state index is 0.0566. The van der Waals surface area contributed by atoms with Crippen LogP contribution in [0, 0.1) is 5.82 Å². The van der Waals surface area contributed by atoms with Crippen LogP contribution in [-0.2, 0) is 4.79 Å². The number of carbonyl (C=O) groups excluding carboxylic acids is 1. The Kier molecular flexibility index (Phi) is 5.21. The number of amides is 1. The average Bonchev–Trinajstić information content (AvgIpc) is 3.02. The van der Waals surface area contributed by atoms with Crippen LogP contribution in [0.1, 0.15) is 35.2 Å². The van der Waals surface area contributed by atoms with E-state index in [4.69, 9.17) is 9.84 Å². The fourth-order valence-corrected chi connectivity index (χ4v) is 3.32. The molecule has 1 fully saturated rings. The lowest BCUT2D eigenvalue weighted by Crippen LogP contribution is -2.33. The third-order valence-corrected chi connectivity index (χ3v) is 4.62. The molecule has 0 radical (unpaired) electrons. The summed E-state index contributed by atoms with van der Waals surface area (Å²) in [6.45, 7) is 2.10. The fourth-order valence-electron chi connectivity index (χ4n) is 3.32. The van der Waals surface area contributed by atoms with E-state index in [9.17, 15) is 14.0 Å². The molecule has 136 valence electrons.